The van der Waals surface area contributed by atoms with Gasteiger partial charge in [-0.3, -0.25) is 9.59 Å². The second kappa shape index (κ2) is 6.72. The average Bonchev–Trinajstić information content (AvgIpc) is 2.85. The number of carbonyl (C=O) groups is 3. The molecular weight excluding hydrogens is 358 g/mol. The fourth-order valence-electron chi connectivity index (χ4n) is 2.55. The first-order valence-corrected chi connectivity index (χ1v) is 9.64. The zero-order valence-electron chi connectivity index (χ0n) is 13.8. The first-order chi connectivity index (χ1) is 12.3. The number of fused-ring (bicyclic) bond motifs is 1. The Bertz CT molecular complexity index is 960. The van der Waals surface area contributed by atoms with E-state index in [9.17, 15) is 22.8 Å². The zero-order chi connectivity index (χ0) is 18.9. The van der Waals surface area contributed by atoms with Crippen LogP contribution in [0.3, 0.4) is 0 Å². The molecule has 0 N–H and O–H groups in total. The molecule has 26 heavy (non-hydrogen) atoms. The molecule has 134 valence electrons. The Morgan fingerprint density at radius 1 is 0.962 bits per heavy atom. The SMILES string of the molecule is CS(=O)(=O)c1ccc(CCC(=O)ON2C(=O)c3ccccc3C2=O)cc1. The molecule has 8 heteroatoms. The number of sulfone groups is 1. The van der Waals surface area contributed by atoms with E-state index in [2.05, 4.69) is 0 Å². The van der Waals surface area contributed by atoms with Crippen molar-refractivity contribution in [2.24, 2.45) is 0 Å². The van der Waals surface area contributed by atoms with Crippen molar-refractivity contribution in [3.05, 3.63) is 65.2 Å². The van der Waals surface area contributed by atoms with E-state index in [0.717, 1.165) is 11.8 Å². The molecule has 0 atom stereocenters. The molecule has 0 radical (unpaired) electrons. The van der Waals surface area contributed by atoms with Crippen molar-refractivity contribution in [1.82, 2.24) is 5.06 Å². The first-order valence-electron chi connectivity index (χ1n) is 7.75. The molecule has 7 nitrogen and oxygen atoms in total. The molecule has 0 fully saturated rings. The van der Waals surface area contributed by atoms with Crippen LogP contribution in [0.1, 0.15) is 32.7 Å². The normalized spacial score (nSPS) is 13.7. The minimum atomic E-state index is -3.28. The Morgan fingerprint density at radius 2 is 1.50 bits per heavy atom. The van der Waals surface area contributed by atoms with Gasteiger partial charge in [0.25, 0.3) is 11.8 Å². The summed E-state index contributed by atoms with van der Waals surface area (Å²) < 4.78 is 22.8. The highest BCUT2D eigenvalue weighted by Crippen LogP contribution is 2.23. The number of aryl methyl sites for hydroxylation is 1. The molecule has 0 spiro atoms. The Balaban J connectivity index is 1.60. The number of carbonyl (C=O) groups excluding carboxylic acids is 3. The second-order valence-electron chi connectivity index (χ2n) is 5.83. The predicted octanol–water partition coefficient (Wildman–Crippen LogP) is 1.78. The van der Waals surface area contributed by atoms with Crippen LogP contribution in [0, 0.1) is 0 Å². The van der Waals surface area contributed by atoms with E-state index in [4.69, 9.17) is 4.84 Å². The molecule has 0 saturated carbocycles. The number of nitrogens with zero attached hydrogens (tertiary/aromatic N) is 1. The third kappa shape index (κ3) is 3.50. The van der Waals surface area contributed by atoms with Gasteiger partial charge in [-0.05, 0) is 36.2 Å². The summed E-state index contributed by atoms with van der Waals surface area (Å²) in [6.07, 6.45) is 1.33. The third-order valence-corrected chi connectivity index (χ3v) is 5.05. The van der Waals surface area contributed by atoms with Gasteiger partial charge in [0.1, 0.15) is 0 Å². The minimum absolute atomic E-state index is 0.0639. The van der Waals surface area contributed by atoms with E-state index in [1.807, 2.05) is 0 Å². The van der Waals surface area contributed by atoms with Crippen LogP contribution in [0.25, 0.3) is 0 Å². The van der Waals surface area contributed by atoms with Crippen LogP contribution in [0.4, 0.5) is 0 Å². The van der Waals surface area contributed by atoms with Gasteiger partial charge < -0.3 is 4.84 Å². The molecule has 3 rings (SSSR count). The summed E-state index contributed by atoms with van der Waals surface area (Å²) in [7, 11) is -3.28. The van der Waals surface area contributed by atoms with Crippen LogP contribution in [-0.2, 0) is 25.9 Å². The van der Waals surface area contributed by atoms with E-state index in [1.54, 1.807) is 24.3 Å². The van der Waals surface area contributed by atoms with E-state index in [-0.39, 0.29) is 28.9 Å². The number of hydroxylamine groups is 2. The maximum absolute atomic E-state index is 12.1. The molecule has 1 aliphatic heterocycles. The summed E-state index contributed by atoms with van der Waals surface area (Å²) in [5.74, 6) is -2.07. The molecular formula is C18H15NO6S. The van der Waals surface area contributed by atoms with E-state index >= 15 is 0 Å². The molecule has 2 amide bonds. The van der Waals surface area contributed by atoms with E-state index in [1.165, 1.54) is 24.3 Å². The molecule has 0 unspecified atom stereocenters. The van der Waals surface area contributed by atoms with E-state index < -0.39 is 27.6 Å². The maximum Gasteiger partial charge on any atom is 0.333 e. The molecule has 1 heterocycles. The number of hydrogen-bond acceptors (Lipinski definition) is 6. The molecule has 1 aliphatic rings. The second-order valence-corrected chi connectivity index (χ2v) is 7.85. The maximum atomic E-state index is 12.1. The number of amides is 2. The topological polar surface area (TPSA) is 97.8 Å². The Hall–Kier alpha value is -3.00. The minimum Gasteiger partial charge on any atom is -0.330 e. The molecule has 0 aromatic heterocycles. The highest BCUT2D eigenvalue weighted by atomic mass is 32.2. The van der Waals surface area contributed by atoms with Gasteiger partial charge in [-0.15, -0.1) is 0 Å². The number of hydrogen-bond donors (Lipinski definition) is 0. The summed E-state index contributed by atoms with van der Waals surface area (Å²) in [4.78, 5) is 41.3. The van der Waals surface area contributed by atoms with Gasteiger partial charge in [0.2, 0.25) is 0 Å². The van der Waals surface area contributed by atoms with Crippen LogP contribution >= 0.6 is 0 Å². The van der Waals surface area contributed by atoms with Gasteiger partial charge in [-0.1, -0.05) is 29.3 Å². The molecule has 2 aromatic carbocycles. The Labute approximate surface area is 150 Å². The summed E-state index contributed by atoms with van der Waals surface area (Å²) in [6.45, 7) is 0. The summed E-state index contributed by atoms with van der Waals surface area (Å²) in [5, 5.41) is 0.472. The van der Waals surface area contributed by atoms with Gasteiger partial charge in [0.15, 0.2) is 9.84 Å². The lowest BCUT2D eigenvalue weighted by molar-refractivity contribution is -0.168. The monoisotopic (exact) mass is 373 g/mol. The van der Waals surface area contributed by atoms with Crippen molar-refractivity contribution in [2.75, 3.05) is 6.26 Å². The summed E-state index contributed by atoms with van der Waals surface area (Å²) >= 11 is 0. The molecule has 0 bridgehead atoms. The van der Waals surface area contributed by atoms with Crippen LogP contribution in [0.15, 0.2) is 53.4 Å². The largest absolute Gasteiger partial charge is 0.333 e. The molecule has 2 aromatic rings. The van der Waals surface area contributed by atoms with Gasteiger partial charge in [0, 0.05) is 6.26 Å². The lowest BCUT2D eigenvalue weighted by Gasteiger charge is -2.12. The third-order valence-electron chi connectivity index (χ3n) is 3.92. The quantitative estimate of drug-likeness (QED) is 0.741. The van der Waals surface area contributed by atoms with Gasteiger partial charge in [-0.25, -0.2) is 13.2 Å². The first kappa shape index (κ1) is 17.8. The fourth-order valence-corrected chi connectivity index (χ4v) is 3.18. The lowest BCUT2D eigenvalue weighted by atomic mass is 10.1. The van der Waals surface area contributed by atoms with Crippen LogP contribution in [0.5, 0.6) is 0 Å². The Morgan fingerprint density at radius 3 is 2.00 bits per heavy atom. The van der Waals surface area contributed by atoms with Crippen molar-refractivity contribution in [3.8, 4) is 0 Å². The summed E-state index contributed by atoms with van der Waals surface area (Å²) in [5.41, 5.74) is 1.13. The zero-order valence-corrected chi connectivity index (χ0v) is 14.7. The lowest BCUT2D eigenvalue weighted by Crippen LogP contribution is -2.32. The van der Waals surface area contributed by atoms with Crippen molar-refractivity contribution >= 4 is 27.6 Å². The van der Waals surface area contributed by atoms with Crippen molar-refractivity contribution < 1.29 is 27.6 Å². The average molecular weight is 373 g/mol. The number of rotatable bonds is 5. The van der Waals surface area contributed by atoms with Crippen molar-refractivity contribution in [2.45, 2.75) is 17.7 Å². The smallest absolute Gasteiger partial charge is 0.330 e. The van der Waals surface area contributed by atoms with Gasteiger partial charge in [0.05, 0.1) is 22.4 Å². The predicted molar refractivity (Wildman–Crippen MR) is 90.9 cm³/mol. The molecule has 0 saturated heterocycles. The fraction of sp³-hybridized carbons (Fsp3) is 0.167. The number of benzene rings is 2. The van der Waals surface area contributed by atoms with Gasteiger partial charge >= 0.3 is 5.97 Å². The van der Waals surface area contributed by atoms with Crippen LogP contribution in [-0.4, -0.2) is 37.5 Å². The standard InChI is InChI=1S/C18H15NO6S/c1-26(23,24)13-9-6-12(7-10-13)8-11-16(20)25-19-17(21)14-4-2-3-5-15(14)18(19)22/h2-7,9-10H,8,11H2,1H3. The van der Waals surface area contributed by atoms with E-state index in [0.29, 0.717) is 5.06 Å². The highest BCUT2D eigenvalue weighted by molar-refractivity contribution is 7.90. The molecule has 0 aliphatic carbocycles. The summed E-state index contributed by atoms with van der Waals surface area (Å²) in [6, 6.07) is 12.3. The highest BCUT2D eigenvalue weighted by Gasteiger charge is 2.38. The number of imide groups is 1. The van der Waals surface area contributed by atoms with Crippen molar-refractivity contribution in [3.63, 3.8) is 0 Å². The van der Waals surface area contributed by atoms with Crippen LogP contribution < -0.4 is 0 Å². The van der Waals surface area contributed by atoms with Gasteiger partial charge in [-0.2, -0.15) is 0 Å². The Kier molecular flexibility index (Phi) is 4.60. The van der Waals surface area contributed by atoms with Crippen molar-refractivity contribution in [1.29, 1.82) is 0 Å². The van der Waals surface area contributed by atoms with Crippen LogP contribution in [0.2, 0.25) is 0 Å².